The fourth-order valence-electron chi connectivity index (χ4n) is 3.10. The molecule has 0 amide bonds. The number of rotatable bonds is 6. The minimum atomic E-state index is -1.00. The maximum atomic E-state index is 6.61. The number of benzene rings is 2. The molecule has 2 unspecified atom stereocenters. The number of nitrogens with zero attached hydrogens (tertiary/aromatic N) is 3. The molecule has 0 bridgehead atoms. The van der Waals surface area contributed by atoms with E-state index in [9.17, 15) is 0 Å². The summed E-state index contributed by atoms with van der Waals surface area (Å²) in [6.45, 7) is 2.93. The van der Waals surface area contributed by atoms with E-state index in [4.69, 9.17) is 25.8 Å². The number of ether oxygens (including phenoxy) is 3. The lowest BCUT2D eigenvalue weighted by atomic mass is 10.1. The van der Waals surface area contributed by atoms with Crippen molar-refractivity contribution in [1.29, 1.82) is 0 Å². The van der Waals surface area contributed by atoms with Gasteiger partial charge in [0.1, 0.15) is 30.7 Å². The third-order valence-corrected chi connectivity index (χ3v) is 4.79. The molecule has 1 fully saturated rings. The molecule has 0 spiro atoms. The van der Waals surface area contributed by atoms with E-state index in [2.05, 4.69) is 17.0 Å². The molecule has 2 heterocycles. The first-order valence-electron chi connectivity index (χ1n) is 8.85. The van der Waals surface area contributed by atoms with E-state index < -0.39 is 5.79 Å². The fourth-order valence-corrected chi connectivity index (χ4v) is 3.41. The van der Waals surface area contributed by atoms with Gasteiger partial charge in [-0.1, -0.05) is 36.7 Å². The van der Waals surface area contributed by atoms with Crippen molar-refractivity contribution >= 4 is 11.6 Å². The molecule has 1 saturated heterocycles. The van der Waals surface area contributed by atoms with E-state index in [1.807, 2.05) is 42.5 Å². The van der Waals surface area contributed by atoms with Crippen molar-refractivity contribution in [2.75, 3.05) is 6.61 Å². The number of para-hydroxylation sites is 1. The molecular formula is C20H20ClN3O3. The van der Waals surface area contributed by atoms with Gasteiger partial charge in [0, 0.05) is 5.56 Å². The van der Waals surface area contributed by atoms with Crippen LogP contribution >= 0.6 is 11.6 Å². The molecule has 0 aliphatic carbocycles. The zero-order valence-corrected chi connectivity index (χ0v) is 15.7. The highest BCUT2D eigenvalue weighted by molar-refractivity contribution is 6.31. The molecule has 2 atom stereocenters. The lowest BCUT2D eigenvalue weighted by Crippen LogP contribution is -2.34. The minimum absolute atomic E-state index is 0.00448. The maximum Gasteiger partial charge on any atom is 0.217 e. The van der Waals surface area contributed by atoms with Crippen LogP contribution in [0.15, 0.2) is 61.2 Å². The Labute approximate surface area is 162 Å². The SMILES string of the molecule is CCC1COC(Cn2cncn2)(c2ccc(Oc3ccccc3)cc2Cl)O1. The summed E-state index contributed by atoms with van der Waals surface area (Å²) in [5.41, 5.74) is 0.746. The van der Waals surface area contributed by atoms with Crippen molar-refractivity contribution in [3.8, 4) is 11.5 Å². The largest absolute Gasteiger partial charge is 0.457 e. The maximum absolute atomic E-state index is 6.61. The van der Waals surface area contributed by atoms with Crippen LogP contribution in [0.5, 0.6) is 11.5 Å². The van der Waals surface area contributed by atoms with Crippen molar-refractivity contribution in [1.82, 2.24) is 14.8 Å². The molecule has 0 saturated carbocycles. The quantitative estimate of drug-likeness (QED) is 0.629. The van der Waals surface area contributed by atoms with Gasteiger partial charge in [0.05, 0.1) is 17.7 Å². The topological polar surface area (TPSA) is 58.4 Å². The molecule has 7 heteroatoms. The first-order chi connectivity index (χ1) is 13.2. The molecule has 2 aromatic carbocycles. The number of aromatic nitrogens is 3. The van der Waals surface area contributed by atoms with Gasteiger partial charge in [0.2, 0.25) is 5.79 Å². The summed E-state index contributed by atoms with van der Waals surface area (Å²) >= 11 is 6.61. The highest BCUT2D eigenvalue weighted by Crippen LogP contribution is 2.41. The predicted octanol–water partition coefficient (Wildman–Crippen LogP) is 4.40. The fraction of sp³-hybridized carbons (Fsp3) is 0.300. The highest BCUT2D eigenvalue weighted by Gasteiger charge is 2.44. The number of halogens is 1. The van der Waals surface area contributed by atoms with Gasteiger partial charge in [0.15, 0.2) is 0 Å². The molecule has 27 heavy (non-hydrogen) atoms. The highest BCUT2D eigenvalue weighted by atomic mass is 35.5. The van der Waals surface area contributed by atoms with E-state index in [0.29, 0.717) is 23.9 Å². The van der Waals surface area contributed by atoms with Crippen LogP contribution in [0.3, 0.4) is 0 Å². The van der Waals surface area contributed by atoms with Crippen molar-refractivity contribution in [2.45, 2.75) is 31.8 Å². The minimum Gasteiger partial charge on any atom is -0.457 e. The molecule has 3 aromatic rings. The van der Waals surface area contributed by atoms with Gasteiger partial charge in [-0.05, 0) is 36.8 Å². The standard InChI is InChI=1S/C20H20ClN3O3/c1-2-15-11-25-20(27-15,12-24-14-22-13-23-24)18-9-8-17(10-19(18)21)26-16-6-4-3-5-7-16/h3-10,13-15H,2,11-12H2,1H3. The second kappa shape index (κ2) is 7.68. The molecule has 6 nitrogen and oxygen atoms in total. The molecule has 0 radical (unpaired) electrons. The Morgan fingerprint density at radius 1 is 1.22 bits per heavy atom. The smallest absolute Gasteiger partial charge is 0.217 e. The summed E-state index contributed by atoms with van der Waals surface area (Å²) in [6.07, 6.45) is 3.98. The van der Waals surface area contributed by atoms with Crippen LogP contribution in [-0.2, 0) is 21.8 Å². The predicted molar refractivity (Wildman–Crippen MR) is 101 cm³/mol. The van der Waals surface area contributed by atoms with E-state index in [1.54, 1.807) is 17.1 Å². The zero-order chi connectivity index (χ0) is 18.7. The van der Waals surface area contributed by atoms with E-state index in [1.165, 1.54) is 6.33 Å². The second-order valence-corrected chi connectivity index (χ2v) is 6.77. The van der Waals surface area contributed by atoms with Crippen molar-refractivity contribution in [3.05, 3.63) is 71.8 Å². The Morgan fingerprint density at radius 2 is 2.07 bits per heavy atom. The summed E-state index contributed by atoms with van der Waals surface area (Å²) in [6, 6.07) is 15.1. The van der Waals surface area contributed by atoms with Crippen LogP contribution in [0.4, 0.5) is 0 Å². The van der Waals surface area contributed by atoms with Crippen LogP contribution in [0.2, 0.25) is 5.02 Å². The molecule has 1 aliphatic heterocycles. The summed E-state index contributed by atoms with van der Waals surface area (Å²) in [7, 11) is 0. The molecule has 140 valence electrons. The molecule has 0 N–H and O–H groups in total. The van der Waals surface area contributed by atoms with E-state index in [-0.39, 0.29) is 6.10 Å². The molecule has 1 aromatic heterocycles. The van der Waals surface area contributed by atoms with Crippen LogP contribution in [0.1, 0.15) is 18.9 Å². The average molecular weight is 386 g/mol. The lowest BCUT2D eigenvalue weighted by molar-refractivity contribution is -0.188. The van der Waals surface area contributed by atoms with Crippen LogP contribution in [0, 0.1) is 0 Å². The Morgan fingerprint density at radius 3 is 2.74 bits per heavy atom. The summed E-state index contributed by atoms with van der Waals surface area (Å²) < 4.78 is 19.9. The van der Waals surface area contributed by atoms with Gasteiger partial charge < -0.3 is 14.2 Å². The van der Waals surface area contributed by atoms with Gasteiger partial charge in [-0.15, -0.1) is 0 Å². The van der Waals surface area contributed by atoms with Crippen molar-refractivity contribution < 1.29 is 14.2 Å². The Balaban J connectivity index is 1.64. The molecule has 1 aliphatic rings. The van der Waals surface area contributed by atoms with E-state index in [0.717, 1.165) is 17.7 Å². The zero-order valence-electron chi connectivity index (χ0n) is 14.9. The third-order valence-electron chi connectivity index (χ3n) is 4.48. The average Bonchev–Trinajstić information content (AvgIpc) is 3.33. The van der Waals surface area contributed by atoms with Crippen LogP contribution in [0.25, 0.3) is 0 Å². The van der Waals surface area contributed by atoms with Gasteiger partial charge in [-0.3, -0.25) is 0 Å². The monoisotopic (exact) mass is 385 g/mol. The summed E-state index contributed by atoms with van der Waals surface area (Å²) in [5.74, 6) is 0.394. The molecular weight excluding hydrogens is 366 g/mol. The van der Waals surface area contributed by atoms with Gasteiger partial charge in [-0.2, -0.15) is 5.10 Å². The lowest BCUT2D eigenvalue weighted by Gasteiger charge is -2.29. The van der Waals surface area contributed by atoms with Crippen molar-refractivity contribution in [3.63, 3.8) is 0 Å². The van der Waals surface area contributed by atoms with Crippen LogP contribution in [-0.4, -0.2) is 27.5 Å². The number of hydrogen-bond donors (Lipinski definition) is 0. The Kier molecular flexibility index (Phi) is 5.11. The summed E-state index contributed by atoms with van der Waals surface area (Å²) in [4.78, 5) is 4.00. The summed E-state index contributed by atoms with van der Waals surface area (Å²) in [5, 5.41) is 4.70. The molecule has 4 rings (SSSR count). The third kappa shape index (κ3) is 3.83. The first-order valence-corrected chi connectivity index (χ1v) is 9.23. The van der Waals surface area contributed by atoms with Gasteiger partial charge >= 0.3 is 0 Å². The van der Waals surface area contributed by atoms with Gasteiger partial charge in [-0.25, -0.2) is 9.67 Å². The first kappa shape index (κ1) is 18.0. The van der Waals surface area contributed by atoms with E-state index >= 15 is 0 Å². The van der Waals surface area contributed by atoms with Gasteiger partial charge in [0.25, 0.3) is 0 Å². The number of hydrogen-bond acceptors (Lipinski definition) is 5. The normalized spacial score (nSPS) is 22.1. The Bertz CT molecular complexity index is 889. The van der Waals surface area contributed by atoms with Crippen LogP contribution < -0.4 is 4.74 Å². The Hall–Kier alpha value is -2.41. The second-order valence-electron chi connectivity index (χ2n) is 6.36. The van der Waals surface area contributed by atoms with Crippen molar-refractivity contribution in [2.24, 2.45) is 0 Å².